The third-order valence-corrected chi connectivity index (χ3v) is 11.5. The van der Waals surface area contributed by atoms with E-state index in [1.165, 1.54) is 104 Å². The van der Waals surface area contributed by atoms with Crippen LogP contribution in [0.15, 0.2) is 60.7 Å². The molecule has 0 bridgehead atoms. The van der Waals surface area contributed by atoms with Crippen molar-refractivity contribution in [1.82, 2.24) is 0 Å². The van der Waals surface area contributed by atoms with E-state index in [1.54, 1.807) is 0 Å². The van der Waals surface area contributed by atoms with E-state index >= 15 is 0 Å². The molecule has 0 aliphatic carbocycles. The minimum atomic E-state index is -1.16. The van der Waals surface area contributed by atoms with E-state index in [0.29, 0.717) is 12.8 Å². The molecule has 4 atom stereocenters. The summed E-state index contributed by atoms with van der Waals surface area (Å²) < 4.78 is 22.1. The molecule has 2 aromatic rings. The number of hydrogen-bond donors (Lipinski definition) is 0. The molecule has 4 unspecified atom stereocenters. The van der Waals surface area contributed by atoms with E-state index in [9.17, 15) is 29.4 Å². The first-order chi connectivity index (χ1) is 31.0. The normalized spacial score (nSPS) is 12.7. The molecule has 10 nitrogen and oxygen atoms in total. The van der Waals surface area contributed by atoms with Crippen LogP contribution in [0.3, 0.4) is 0 Å². The van der Waals surface area contributed by atoms with Crippen LogP contribution in [0.25, 0.3) is 0 Å². The Kier molecular flexibility index (Phi) is 42.8. The van der Waals surface area contributed by atoms with Crippen molar-refractivity contribution in [2.75, 3.05) is 0 Å². The summed E-state index contributed by atoms with van der Waals surface area (Å²) in [7, 11) is 0. The zero-order valence-electron chi connectivity index (χ0n) is 41.1. The second kappa shape index (κ2) is 44.3. The summed E-state index contributed by atoms with van der Waals surface area (Å²) >= 11 is 0. The molecular weight excluding hydrogens is 946 g/mol. The molecule has 65 heavy (non-hydrogen) atoms. The number of ether oxygens (including phenoxy) is 4. The molecule has 2 aromatic carbocycles. The van der Waals surface area contributed by atoms with E-state index < -0.39 is 24.1 Å². The Balaban J connectivity index is 0.00000124. The first-order valence-electron chi connectivity index (χ1n) is 25.1. The molecular formula is C54H86BaO10. The van der Waals surface area contributed by atoms with Crippen LogP contribution in [-0.4, -0.2) is 97.2 Å². The summed E-state index contributed by atoms with van der Waals surface area (Å²) in [6.45, 7) is 7.94. The minimum absolute atomic E-state index is 0. The number of unbranched alkanes of at least 4 members (excludes halogenated alkanes) is 18. The fraction of sp³-hybridized carbons (Fsp3) is 0.704. The van der Waals surface area contributed by atoms with Crippen LogP contribution in [0.4, 0.5) is 0 Å². The van der Waals surface area contributed by atoms with Crippen molar-refractivity contribution < 1.29 is 48.3 Å². The molecule has 0 radical (unpaired) electrons. The number of esters is 2. The Labute approximate surface area is 434 Å². The number of rotatable bonds is 40. The van der Waals surface area contributed by atoms with Crippen molar-refractivity contribution in [3.63, 3.8) is 0 Å². The maximum absolute atomic E-state index is 11.4. The fourth-order valence-electron chi connectivity index (χ4n) is 7.84. The molecule has 0 aliphatic rings. The maximum Gasteiger partial charge on any atom is 2.00 e. The van der Waals surface area contributed by atoms with Gasteiger partial charge < -0.3 is 38.7 Å². The molecule has 0 fully saturated rings. The Morgan fingerprint density at radius 2 is 0.677 bits per heavy atom. The van der Waals surface area contributed by atoms with Gasteiger partial charge in [0.15, 0.2) is 0 Å². The standard InChI is InChI=1S/2C27H44O5.Ba/c2*1-3-4-5-6-7-8-9-14-19-25(32-23(2)28)20-15-11-16-21-26(27(29)30)31-22-24-17-12-10-13-18-24;/h2*10,12-13,17-18,25-26H,3-9,11,14-16,19-22H2,1-2H3,(H,29,30);/q;;+2/p-2. The van der Waals surface area contributed by atoms with Crippen molar-refractivity contribution in [1.29, 1.82) is 0 Å². The van der Waals surface area contributed by atoms with Gasteiger partial charge >= 0.3 is 60.8 Å². The van der Waals surface area contributed by atoms with Gasteiger partial charge in [-0.05, 0) is 75.3 Å². The van der Waals surface area contributed by atoms with E-state index in [1.807, 2.05) is 60.7 Å². The van der Waals surface area contributed by atoms with Crippen molar-refractivity contribution in [2.45, 2.75) is 245 Å². The zero-order valence-corrected chi connectivity index (χ0v) is 45.5. The van der Waals surface area contributed by atoms with Gasteiger partial charge in [0, 0.05) is 13.8 Å². The van der Waals surface area contributed by atoms with Crippen molar-refractivity contribution >= 4 is 72.8 Å². The Hall–Kier alpha value is -2.19. The monoisotopic (exact) mass is 1030 g/mol. The van der Waals surface area contributed by atoms with Crippen molar-refractivity contribution in [3.05, 3.63) is 71.8 Å². The summed E-state index contributed by atoms with van der Waals surface area (Å²) in [5.41, 5.74) is 1.90. The van der Waals surface area contributed by atoms with Gasteiger partial charge in [0.1, 0.15) is 12.2 Å². The molecule has 0 aromatic heterocycles. The molecule has 0 spiro atoms. The third kappa shape index (κ3) is 38.5. The molecule has 0 heterocycles. The third-order valence-electron chi connectivity index (χ3n) is 11.5. The Bertz CT molecular complexity index is 1320. The van der Waals surface area contributed by atoms with E-state index in [4.69, 9.17) is 18.9 Å². The second-order valence-corrected chi connectivity index (χ2v) is 17.5. The van der Waals surface area contributed by atoms with Crippen LogP contribution in [0.2, 0.25) is 0 Å². The van der Waals surface area contributed by atoms with Gasteiger partial charge in [-0.1, -0.05) is 190 Å². The largest absolute Gasteiger partial charge is 2.00 e. The second-order valence-electron chi connectivity index (χ2n) is 17.5. The average Bonchev–Trinajstić information content (AvgIpc) is 3.27. The molecule has 0 amide bonds. The topological polar surface area (TPSA) is 151 Å². The average molecular weight is 1030 g/mol. The van der Waals surface area contributed by atoms with Gasteiger partial charge in [-0.25, -0.2) is 0 Å². The molecule has 0 aliphatic heterocycles. The van der Waals surface area contributed by atoms with Crippen LogP contribution >= 0.6 is 0 Å². The molecule has 0 saturated carbocycles. The van der Waals surface area contributed by atoms with Crippen LogP contribution in [-0.2, 0) is 51.3 Å². The van der Waals surface area contributed by atoms with Crippen LogP contribution < -0.4 is 10.2 Å². The van der Waals surface area contributed by atoms with E-state index in [-0.39, 0.29) is 86.2 Å². The first kappa shape index (κ1) is 62.8. The zero-order chi connectivity index (χ0) is 46.9. The van der Waals surface area contributed by atoms with Gasteiger partial charge in [0.2, 0.25) is 0 Å². The van der Waals surface area contributed by atoms with Gasteiger partial charge in [-0.15, -0.1) is 0 Å². The maximum atomic E-state index is 11.4. The minimum Gasteiger partial charge on any atom is -0.547 e. The number of hydrogen-bond acceptors (Lipinski definition) is 10. The Morgan fingerprint density at radius 3 is 0.954 bits per heavy atom. The van der Waals surface area contributed by atoms with Gasteiger partial charge in [0.05, 0.1) is 37.4 Å². The fourth-order valence-corrected chi connectivity index (χ4v) is 7.84. The summed E-state index contributed by atoms with van der Waals surface area (Å²) in [5, 5.41) is 22.7. The van der Waals surface area contributed by atoms with Crippen molar-refractivity contribution in [3.8, 4) is 0 Å². The van der Waals surface area contributed by atoms with Crippen LogP contribution in [0.1, 0.15) is 219 Å². The molecule has 0 saturated heterocycles. The van der Waals surface area contributed by atoms with Gasteiger partial charge in [-0.3, -0.25) is 9.59 Å². The number of carbonyl (C=O) groups is 4. The summed E-state index contributed by atoms with van der Waals surface area (Å²) in [6.07, 6.45) is 27.8. The summed E-state index contributed by atoms with van der Waals surface area (Å²) in [5.74, 6) is -2.76. The number of carboxylic acid groups (broad SMARTS) is 2. The predicted octanol–water partition coefficient (Wildman–Crippen LogP) is 11.1. The van der Waals surface area contributed by atoms with Crippen molar-refractivity contribution in [2.24, 2.45) is 0 Å². The van der Waals surface area contributed by atoms with E-state index in [0.717, 1.165) is 88.2 Å². The summed E-state index contributed by atoms with van der Waals surface area (Å²) in [6, 6.07) is 19.1. The quantitative estimate of drug-likeness (QED) is 0.0358. The number of aliphatic carboxylic acids is 2. The van der Waals surface area contributed by atoms with Crippen LogP contribution in [0, 0.1) is 0 Å². The van der Waals surface area contributed by atoms with E-state index in [2.05, 4.69) is 13.8 Å². The predicted molar refractivity (Wildman–Crippen MR) is 258 cm³/mol. The molecule has 364 valence electrons. The molecule has 11 heteroatoms. The summed E-state index contributed by atoms with van der Waals surface area (Å²) in [4.78, 5) is 45.6. The molecule has 2 rings (SSSR count). The molecule has 0 N–H and O–H groups in total. The van der Waals surface area contributed by atoms with Gasteiger partial charge in [0.25, 0.3) is 0 Å². The first-order valence-corrected chi connectivity index (χ1v) is 25.1. The number of carbonyl (C=O) groups excluding carboxylic acids is 4. The SMILES string of the molecule is CCCCCCCCCCC(CCCCCC(OCc1ccccc1)C(=O)[O-])OC(C)=O.CCCCCCCCCCC(CCCCCC(OCc1ccccc1)C(=O)[O-])OC(C)=O.[Ba+2]. The number of benzene rings is 2. The smallest absolute Gasteiger partial charge is 0.547 e. The number of carboxylic acids is 2. The Morgan fingerprint density at radius 1 is 0.415 bits per heavy atom. The van der Waals surface area contributed by atoms with Gasteiger partial charge in [-0.2, -0.15) is 0 Å². The van der Waals surface area contributed by atoms with Crippen LogP contribution in [0.5, 0.6) is 0 Å².